The number of hydrogen-bond acceptors (Lipinski definition) is 4. The highest BCUT2D eigenvalue weighted by atomic mass is 35.5. The Bertz CT molecular complexity index is 716. The Morgan fingerprint density at radius 1 is 1.09 bits per heavy atom. The number of hydrogen-bond donors (Lipinski definition) is 0. The highest BCUT2D eigenvalue weighted by Crippen LogP contribution is 2.26. The van der Waals surface area contributed by atoms with Gasteiger partial charge in [0.05, 0.1) is 21.7 Å². The van der Waals surface area contributed by atoms with Crippen LogP contribution in [-0.4, -0.2) is 36.1 Å². The van der Waals surface area contributed by atoms with Crippen LogP contribution in [0.15, 0.2) is 36.5 Å². The van der Waals surface area contributed by atoms with Gasteiger partial charge in [0.2, 0.25) is 0 Å². The smallest absolute Gasteiger partial charge is 0.147 e. The molecular weight excluding hydrogens is 331 g/mol. The van der Waals surface area contributed by atoms with Crippen LogP contribution in [0.3, 0.4) is 0 Å². The van der Waals surface area contributed by atoms with Crippen LogP contribution in [-0.2, 0) is 6.54 Å². The summed E-state index contributed by atoms with van der Waals surface area (Å²) >= 11 is 12.1. The van der Waals surface area contributed by atoms with Gasteiger partial charge in [-0.25, -0.2) is 4.98 Å². The van der Waals surface area contributed by atoms with E-state index in [1.165, 1.54) is 5.56 Å². The lowest BCUT2D eigenvalue weighted by molar-refractivity contribution is 0.249. The third-order valence-electron chi connectivity index (χ3n) is 3.95. The Morgan fingerprint density at radius 3 is 2.39 bits per heavy atom. The molecule has 1 aliphatic heterocycles. The molecule has 1 aromatic carbocycles. The Labute approximate surface area is 145 Å². The lowest BCUT2D eigenvalue weighted by Crippen LogP contribution is -2.46. The van der Waals surface area contributed by atoms with Gasteiger partial charge < -0.3 is 4.90 Å². The summed E-state index contributed by atoms with van der Waals surface area (Å²) in [4.78, 5) is 8.92. The molecule has 0 unspecified atom stereocenters. The molecule has 0 N–H and O–H groups in total. The minimum Gasteiger partial charge on any atom is -0.353 e. The van der Waals surface area contributed by atoms with Crippen LogP contribution in [0.4, 0.5) is 5.82 Å². The Kier molecular flexibility index (Phi) is 5.02. The second-order valence-electron chi connectivity index (χ2n) is 5.53. The second-order valence-corrected chi connectivity index (χ2v) is 6.37. The Morgan fingerprint density at radius 2 is 1.78 bits per heavy atom. The molecule has 1 aliphatic rings. The van der Waals surface area contributed by atoms with Gasteiger partial charge in [-0.2, -0.15) is 5.26 Å². The van der Waals surface area contributed by atoms with Crippen molar-refractivity contribution in [1.29, 1.82) is 5.26 Å². The SMILES string of the molecule is N#Cc1ccc(CN2CCN(c3ncc(Cl)cc3Cl)CC2)cc1. The van der Waals surface area contributed by atoms with Crippen molar-refractivity contribution in [2.75, 3.05) is 31.1 Å². The molecule has 3 rings (SSSR count). The van der Waals surface area contributed by atoms with Crippen LogP contribution < -0.4 is 4.90 Å². The number of pyridine rings is 1. The zero-order chi connectivity index (χ0) is 16.2. The first kappa shape index (κ1) is 16.1. The van der Waals surface area contributed by atoms with E-state index in [4.69, 9.17) is 28.5 Å². The van der Waals surface area contributed by atoms with Crippen molar-refractivity contribution < 1.29 is 0 Å². The quantitative estimate of drug-likeness (QED) is 0.851. The monoisotopic (exact) mass is 346 g/mol. The van der Waals surface area contributed by atoms with Gasteiger partial charge in [0, 0.05) is 38.9 Å². The highest BCUT2D eigenvalue weighted by molar-refractivity contribution is 6.36. The molecule has 1 saturated heterocycles. The maximum atomic E-state index is 8.84. The van der Waals surface area contributed by atoms with Crippen LogP contribution in [0.1, 0.15) is 11.1 Å². The molecule has 0 atom stereocenters. The summed E-state index contributed by atoms with van der Waals surface area (Å²) in [5.41, 5.74) is 1.92. The average molecular weight is 347 g/mol. The van der Waals surface area contributed by atoms with Crippen molar-refractivity contribution in [3.63, 3.8) is 0 Å². The van der Waals surface area contributed by atoms with E-state index in [0.29, 0.717) is 15.6 Å². The third kappa shape index (κ3) is 3.94. The molecule has 1 aromatic heterocycles. The first-order chi connectivity index (χ1) is 11.2. The normalized spacial score (nSPS) is 15.4. The van der Waals surface area contributed by atoms with Gasteiger partial charge in [-0.15, -0.1) is 0 Å². The molecule has 4 nitrogen and oxygen atoms in total. The molecule has 0 amide bonds. The lowest BCUT2D eigenvalue weighted by atomic mass is 10.1. The largest absolute Gasteiger partial charge is 0.353 e. The fourth-order valence-electron chi connectivity index (χ4n) is 2.70. The minimum absolute atomic E-state index is 0.554. The van der Waals surface area contributed by atoms with E-state index in [2.05, 4.69) is 20.9 Å². The van der Waals surface area contributed by atoms with Gasteiger partial charge in [-0.05, 0) is 23.8 Å². The highest BCUT2D eigenvalue weighted by Gasteiger charge is 2.20. The average Bonchev–Trinajstić information content (AvgIpc) is 2.57. The first-order valence-electron chi connectivity index (χ1n) is 7.43. The molecule has 0 saturated carbocycles. The lowest BCUT2D eigenvalue weighted by Gasteiger charge is -2.35. The predicted molar refractivity (Wildman–Crippen MR) is 92.9 cm³/mol. The van der Waals surface area contributed by atoms with Crippen molar-refractivity contribution in [2.45, 2.75) is 6.54 Å². The number of benzene rings is 1. The van der Waals surface area contributed by atoms with E-state index in [9.17, 15) is 0 Å². The molecule has 23 heavy (non-hydrogen) atoms. The predicted octanol–water partition coefficient (Wildman–Crippen LogP) is 3.58. The van der Waals surface area contributed by atoms with Gasteiger partial charge in [-0.3, -0.25) is 4.90 Å². The fourth-order valence-corrected chi connectivity index (χ4v) is 3.20. The third-order valence-corrected chi connectivity index (χ3v) is 4.43. The maximum Gasteiger partial charge on any atom is 0.147 e. The van der Waals surface area contributed by atoms with Crippen molar-refractivity contribution in [3.8, 4) is 6.07 Å². The number of aromatic nitrogens is 1. The van der Waals surface area contributed by atoms with Crippen molar-refractivity contribution in [1.82, 2.24) is 9.88 Å². The molecule has 2 aromatic rings. The zero-order valence-corrected chi connectivity index (χ0v) is 14.1. The second kappa shape index (κ2) is 7.18. The summed E-state index contributed by atoms with van der Waals surface area (Å²) in [6.07, 6.45) is 1.63. The molecule has 2 heterocycles. The number of anilines is 1. The number of piperazine rings is 1. The van der Waals surface area contributed by atoms with Crippen molar-refractivity contribution >= 4 is 29.0 Å². The van der Waals surface area contributed by atoms with Gasteiger partial charge in [0.1, 0.15) is 5.82 Å². The van der Waals surface area contributed by atoms with Gasteiger partial charge >= 0.3 is 0 Å². The number of nitrogens with zero attached hydrogens (tertiary/aromatic N) is 4. The maximum absolute atomic E-state index is 8.84. The summed E-state index contributed by atoms with van der Waals surface area (Å²) in [5.74, 6) is 0.800. The van der Waals surface area contributed by atoms with Crippen LogP contribution in [0.25, 0.3) is 0 Å². The van der Waals surface area contributed by atoms with Crippen LogP contribution >= 0.6 is 23.2 Å². The first-order valence-corrected chi connectivity index (χ1v) is 8.18. The van der Waals surface area contributed by atoms with E-state index >= 15 is 0 Å². The van der Waals surface area contributed by atoms with Gasteiger partial charge in [0.25, 0.3) is 0 Å². The molecule has 0 radical (unpaired) electrons. The molecule has 0 aliphatic carbocycles. The van der Waals surface area contributed by atoms with Crippen LogP contribution in [0, 0.1) is 11.3 Å². The summed E-state index contributed by atoms with van der Waals surface area (Å²) < 4.78 is 0. The number of halogens is 2. The van der Waals surface area contributed by atoms with E-state index in [-0.39, 0.29) is 0 Å². The van der Waals surface area contributed by atoms with E-state index in [1.54, 1.807) is 12.3 Å². The summed E-state index contributed by atoms with van der Waals surface area (Å²) in [6, 6.07) is 11.6. The Hall–Kier alpha value is -1.80. The molecule has 0 bridgehead atoms. The number of nitriles is 1. The van der Waals surface area contributed by atoms with E-state index in [0.717, 1.165) is 38.5 Å². The zero-order valence-electron chi connectivity index (χ0n) is 12.5. The number of rotatable bonds is 3. The van der Waals surface area contributed by atoms with Crippen LogP contribution in [0.5, 0.6) is 0 Å². The van der Waals surface area contributed by atoms with Crippen LogP contribution in [0.2, 0.25) is 10.0 Å². The molecule has 118 valence electrons. The summed E-state index contributed by atoms with van der Waals surface area (Å²) in [5, 5.41) is 9.99. The summed E-state index contributed by atoms with van der Waals surface area (Å²) in [6.45, 7) is 4.54. The van der Waals surface area contributed by atoms with Crippen molar-refractivity contribution in [2.24, 2.45) is 0 Å². The standard InChI is InChI=1S/C17H16Cl2N4/c18-15-9-16(19)17(21-11-15)23-7-5-22(6-8-23)12-14-3-1-13(10-20)2-4-14/h1-4,9,11H,5-8,12H2. The van der Waals surface area contributed by atoms with Gasteiger partial charge in [0.15, 0.2) is 0 Å². The van der Waals surface area contributed by atoms with Crippen molar-refractivity contribution in [3.05, 3.63) is 57.7 Å². The molecule has 0 spiro atoms. The molecular formula is C17H16Cl2N4. The Balaban J connectivity index is 1.58. The topological polar surface area (TPSA) is 43.2 Å². The molecule has 1 fully saturated rings. The van der Waals surface area contributed by atoms with Gasteiger partial charge in [-0.1, -0.05) is 35.3 Å². The summed E-state index contributed by atoms with van der Waals surface area (Å²) in [7, 11) is 0. The van der Waals surface area contributed by atoms with E-state index in [1.807, 2.05) is 24.3 Å². The van der Waals surface area contributed by atoms with E-state index < -0.39 is 0 Å². The fraction of sp³-hybridized carbons (Fsp3) is 0.294. The molecule has 6 heteroatoms. The minimum atomic E-state index is 0.554.